The number of likely N-dealkylation sites (N-methyl/N-ethyl adjacent to an activating group) is 1. The molecule has 6 heteroatoms. The van der Waals surface area contributed by atoms with E-state index in [1.807, 2.05) is 0 Å². The van der Waals surface area contributed by atoms with Gasteiger partial charge in [-0.05, 0) is 19.9 Å². The molecule has 140 valence electrons. The molecule has 0 aromatic rings. The SMILES string of the molecule is CC[C@H]1CN([C@@H](C)C(=O)N2CCN(CC)CC2)CCN1CCOC. The van der Waals surface area contributed by atoms with Crippen LogP contribution in [0.1, 0.15) is 27.2 Å². The maximum Gasteiger partial charge on any atom is 0.239 e. The minimum absolute atomic E-state index is 0.00296. The summed E-state index contributed by atoms with van der Waals surface area (Å²) < 4.78 is 5.23. The van der Waals surface area contributed by atoms with Gasteiger partial charge in [0.1, 0.15) is 0 Å². The largest absolute Gasteiger partial charge is 0.383 e. The van der Waals surface area contributed by atoms with Crippen LogP contribution in [0.15, 0.2) is 0 Å². The molecule has 6 nitrogen and oxygen atoms in total. The first kappa shape index (κ1) is 19.6. The Kier molecular flexibility index (Phi) is 7.94. The van der Waals surface area contributed by atoms with E-state index in [0.717, 1.165) is 71.9 Å². The quantitative estimate of drug-likeness (QED) is 0.678. The van der Waals surface area contributed by atoms with Crippen LogP contribution in [-0.2, 0) is 9.53 Å². The van der Waals surface area contributed by atoms with Crippen molar-refractivity contribution < 1.29 is 9.53 Å². The minimum Gasteiger partial charge on any atom is -0.383 e. The molecule has 0 saturated carbocycles. The first-order valence-corrected chi connectivity index (χ1v) is 9.58. The third kappa shape index (κ3) is 4.91. The molecule has 2 aliphatic rings. The number of amides is 1. The van der Waals surface area contributed by atoms with E-state index in [4.69, 9.17) is 4.74 Å². The Morgan fingerprint density at radius 1 is 1.12 bits per heavy atom. The average molecular weight is 341 g/mol. The molecule has 2 heterocycles. The number of methoxy groups -OCH3 is 1. The van der Waals surface area contributed by atoms with Gasteiger partial charge in [0.15, 0.2) is 0 Å². The highest BCUT2D eigenvalue weighted by molar-refractivity contribution is 5.81. The normalized spacial score (nSPS) is 25.8. The lowest BCUT2D eigenvalue weighted by molar-refractivity contribution is -0.139. The lowest BCUT2D eigenvalue weighted by Gasteiger charge is -2.44. The Balaban J connectivity index is 1.86. The number of carbonyl (C=O) groups is 1. The number of carbonyl (C=O) groups excluding carboxylic acids is 1. The van der Waals surface area contributed by atoms with Crippen molar-refractivity contribution in [3.63, 3.8) is 0 Å². The molecule has 0 bridgehead atoms. The lowest BCUT2D eigenvalue weighted by atomic mass is 10.1. The highest BCUT2D eigenvalue weighted by Crippen LogP contribution is 2.17. The highest BCUT2D eigenvalue weighted by atomic mass is 16.5. The molecule has 2 aliphatic heterocycles. The number of nitrogens with zero attached hydrogens (tertiary/aromatic N) is 4. The van der Waals surface area contributed by atoms with Crippen molar-refractivity contribution >= 4 is 5.91 Å². The fourth-order valence-corrected chi connectivity index (χ4v) is 3.86. The molecule has 2 fully saturated rings. The Morgan fingerprint density at radius 2 is 1.83 bits per heavy atom. The first-order valence-electron chi connectivity index (χ1n) is 9.58. The molecule has 2 rings (SSSR count). The van der Waals surface area contributed by atoms with E-state index in [-0.39, 0.29) is 6.04 Å². The van der Waals surface area contributed by atoms with Gasteiger partial charge in [0.25, 0.3) is 0 Å². The zero-order valence-corrected chi connectivity index (χ0v) is 16.0. The average Bonchev–Trinajstić information content (AvgIpc) is 2.65. The smallest absolute Gasteiger partial charge is 0.239 e. The van der Waals surface area contributed by atoms with Crippen LogP contribution in [0.5, 0.6) is 0 Å². The fourth-order valence-electron chi connectivity index (χ4n) is 3.86. The fraction of sp³-hybridized carbons (Fsp3) is 0.944. The van der Waals surface area contributed by atoms with Gasteiger partial charge in [0.2, 0.25) is 5.91 Å². The summed E-state index contributed by atoms with van der Waals surface area (Å²) in [5.74, 6) is 0.311. The minimum atomic E-state index is -0.00296. The van der Waals surface area contributed by atoms with Crippen LogP contribution in [0, 0.1) is 0 Å². The van der Waals surface area contributed by atoms with Crippen molar-refractivity contribution in [2.45, 2.75) is 39.3 Å². The van der Waals surface area contributed by atoms with E-state index in [9.17, 15) is 4.79 Å². The summed E-state index contributed by atoms with van der Waals surface area (Å²) in [6.07, 6.45) is 1.12. The van der Waals surface area contributed by atoms with E-state index in [1.165, 1.54) is 0 Å². The number of hydrogen-bond acceptors (Lipinski definition) is 5. The van der Waals surface area contributed by atoms with Crippen LogP contribution < -0.4 is 0 Å². The van der Waals surface area contributed by atoms with Crippen molar-refractivity contribution in [1.82, 2.24) is 19.6 Å². The number of piperazine rings is 2. The molecule has 24 heavy (non-hydrogen) atoms. The molecular weight excluding hydrogens is 304 g/mol. The van der Waals surface area contributed by atoms with Crippen LogP contribution in [0.2, 0.25) is 0 Å². The Bertz CT molecular complexity index is 385. The van der Waals surface area contributed by atoms with Gasteiger partial charge in [-0.1, -0.05) is 13.8 Å². The van der Waals surface area contributed by atoms with Crippen LogP contribution in [0.4, 0.5) is 0 Å². The molecule has 1 amide bonds. The molecule has 0 spiro atoms. The molecule has 2 saturated heterocycles. The molecule has 2 atom stereocenters. The Morgan fingerprint density at radius 3 is 2.42 bits per heavy atom. The third-order valence-electron chi connectivity index (χ3n) is 5.73. The molecule has 0 aliphatic carbocycles. The van der Waals surface area contributed by atoms with Crippen molar-refractivity contribution in [3.8, 4) is 0 Å². The second kappa shape index (κ2) is 9.70. The van der Waals surface area contributed by atoms with E-state index in [2.05, 4.69) is 40.4 Å². The van der Waals surface area contributed by atoms with Gasteiger partial charge < -0.3 is 14.5 Å². The van der Waals surface area contributed by atoms with Gasteiger partial charge in [0.05, 0.1) is 12.6 Å². The van der Waals surface area contributed by atoms with Crippen LogP contribution >= 0.6 is 0 Å². The van der Waals surface area contributed by atoms with E-state index in [1.54, 1.807) is 7.11 Å². The van der Waals surface area contributed by atoms with E-state index in [0.29, 0.717) is 11.9 Å². The summed E-state index contributed by atoms with van der Waals surface area (Å²) in [5.41, 5.74) is 0. The summed E-state index contributed by atoms with van der Waals surface area (Å²) >= 11 is 0. The highest BCUT2D eigenvalue weighted by Gasteiger charge is 2.33. The molecule has 0 aromatic carbocycles. The second-order valence-electron chi connectivity index (χ2n) is 7.02. The van der Waals surface area contributed by atoms with Crippen LogP contribution in [0.25, 0.3) is 0 Å². The van der Waals surface area contributed by atoms with Crippen molar-refractivity contribution in [2.75, 3.05) is 72.6 Å². The molecule has 0 radical (unpaired) electrons. The second-order valence-corrected chi connectivity index (χ2v) is 7.02. The van der Waals surface area contributed by atoms with Gasteiger partial charge >= 0.3 is 0 Å². The van der Waals surface area contributed by atoms with Gasteiger partial charge in [-0.3, -0.25) is 14.6 Å². The van der Waals surface area contributed by atoms with E-state index >= 15 is 0 Å². The summed E-state index contributed by atoms with van der Waals surface area (Å²) in [6.45, 7) is 16.1. The number of ether oxygens (including phenoxy) is 1. The molecule has 0 unspecified atom stereocenters. The molecule has 0 aromatic heterocycles. The molecule has 0 N–H and O–H groups in total. The first-order chi connectivity index (χ1) is 11.6. The monoisotopic (exact) mass is 340 g/mol. The van der Waals surface area contributed by atoms with Gasteiger partial charge in [0, 0.05) is 65.5 Å². The van der Waals surface area contributed by atoms with Gasteiger partial charge in [-0.25, -0.2) is 0 Å². The van der Waals surface area contributed by atoms with Crippen molar-refractivity contribution in [1.29, 1.82) is 0 Å². The zero-order valence-electron chi connectivity index (χ0n) is 16.0. The summed E-state index contributed by atoms with van der Waals surface area (Å²) in [4.78, 5) is 22.2. The predicted octanol–water partition coefficient (Wildman–Crippen LogP) is 0.582. The summed E-state index contributed by atoms with van der Waals surface area (Å²) in [5, 5.41) is 0. The lowest BCUT2D eigenvalue weighted by Crippen LogP contribution is -2.60. The maximum absolute atomic E-state index is 12.9. The van der Waals surface area contributed by atoms with Crippen molar-refractivity contribution in [3.05, 3.63) is 0 Å². The zero-order chi connectivity index (χ0) is 17.5. The number of rotatable bonds is 7. The molecular formula is C18H36N4O2. The number of hydrogen-bond donors (Lipinski definition) is 0. The van der Waals surface area contributed by atoms with Crippen molar-refractivity contribution in [2.24, 2.45) is 0 Å². The van der Waals surface area contributed by atoms with Crippen LogP contribution in [0.3, 0.4) is 0 Å². The van der Waals surface area contributed by atoms with E-state index < -0.39 is 0 Å². The van der Waals surface area contributed by atoms with Crippen LogP contribution in [-0.4, -0.2) is 110 Å². The van der Waals surface area contributed by atoms with Gasteiger partial charge in [-0.2, -0.15) is 0 Å². The Hall–Kier alpha value is -0.690. The maximum atomic E-state index is 12.9. The summed E-state index contributed by atoms with van der Waals surface area (Å²) in [7, 11) is 1.76. The summed E-state index contributed by atoms with van der Waals surface area (Å²) in [6, 6.07) is 0.526. The van der Waals surface area contributed by atoms with Gasteiger partial charge in [-0.15, -0.1) is 0 Å². The standard InChI is InChI=1S/C18H36N4O2/c1-5-17-15-22(12-11-20(17)13-14-24-4)16(3)18(23)21-9-7-19(6-2)8-10-21/h16-17H,5-15H2,1-4H3/t16-,17-/m0/s1. The third-order valence-corrected chi connectivity index (χ3v) is 5.73. The Labute approximate surface area is 147 Å². The topological polar surface area (TPSA) is 39.3 Å². The predicted molar refractivity (Wildman–Crippen MR) is 97.3 cm³/mol.